The third-order valence-corrected chi connectivity index (χ3v) is 2.52. The minimum atomic E-state index is -0.846. The molecule has 2 aromatic rings. The van der Waals surface area contributed by atoms with Gasteiger partial charge in [0.05, 0.1) is 18.5 Å². The molecule has 2 N–H and O–H groups in total. The van der Waals surface area contributed by atoms with Crippen LogP contribution in [-0.4, -0.2) is 26.0 Å². The predicted octanol–water partition coefficient (Wildman–Crippen LogP) is 1.53. The Labute approximate surface area is 91.9 Å². The Balaban J connectivity index is 2.40. The van der Waals surface area contributed by atoms with Crippen LogP contribution in [-0.2, 0) is 11.3 Å². The predicted molar refractivity (Wildman–Crippen MR) is 58.4 cm³/mol. The molecule has 0 bridgehead atoms. The van der Waals surface area contributed by atoms with E-state index in [0.717, 1.165) is 16.6 Å². The maximum atomic E-state index is 10.5. The van der Waals surface area contributed by atoms with Gasteiger partial charge in [-0.25, -0.2) is 0 Å². The van der Waals surface area contributed by atoms with Crippen LogP contribution in [0.15, 0.2) is 18.2 Å². The zero-order valence-corrected chi connectivity index (χ0v) is 8.84. The van der Waals surface area contributed by atoms with Crippen molar-refractivity contribution < 1.29 is 15.0 Å². The number of carbonyl (C=O) groups is 1. The molecular formula is C11H12N2O3. The number of carboxylic acids is 1. The van der Waals surface area contributed by atoms with Crippen LogP contribution in [0.1, 0.15) is 12.1 Å². The Bertz CT molecular complexity index is 545. The Hall–Kier alpha value is -2.04. The second-order valence-corrected chi connectivity index (χ2v) is 3.65. The van der Waals surface area contributed by atoms with Gasteiger partial charge in [-0.3, -0.25) is 9.48 Å². The fourth-order valence-electron chi connectivity index (χ4n) is 1.66. The SMILES string of the molecule is Cc1c2cc(O)ccc2nn1CCC(=O)O. The van der Waals surface area contributed by atoms with Crippen LogP contribution in [0.25, 0.3) is 10.9 Å². The van der Waals surface area contributed by atoms with Gasteiger partial charge in [0.25, 0.3) is 0 Å². The highest BCUT2D eigenvalue weighted by molar-refractivity contribution is 5.82. The molecule has 5 heteroatoms. The fourth-order valence-corrected chi connectivity index (χ4v) is 1.66. The largest absolute Gasteiger partial charge is 0.508 e. The van der Waals surface area contributed by atoms with E-state index in [9.17, 15) is 9.90 Å². The smallest absolute Gasteiger partial charge is 0.305 e. The van der Waals surface area contributed by atoms with E-state index >= 15 is 0 Å². The number of phenols is 1. The number of hydrogen-bond acceptors (Lipinski definition) is 3. The van der Waals surface area contributed by atoms with Gasteiger partial charge in [0, 0.05) is 11.1 Å². The summed E-state index contributed by atoms with van der Waals surface area (Å²) < 4.78 is 1.65. The summed E-state index contributed by atoms with van der Waals surface area (Å²) >= 11 is 0. The number of benzene rings is 1. The monoisotopic (exact) mass is 220 g/mol. The number of nitrogens with zero attached hydrogens (tertiary/aromatic N) is 2. The molecule has 84 valence electrons. The summed E-state index contributed by atoms with van der Waals surface area (Å²) in [4.78, 5) is 10.5. The number of aliphatic carboxylic acids is 1. The first kappa shape index (κ1) is 10.5. The van der Waals surface area contributed by atoms with Gasteiger partial charge in [0.15, 0.2) is 0 Å². The molecule has 0 amide bonds. The van der Waals surface area contributed by atoms with Gasteiger partial charge in [-0.1, -0.05) is 0 Å². The van der Waals surface area contributed by atoms with E-state index in [-0.39, 0.29) is 12.2 Å². The normalized spacial score (nSPS) is 10.8. The average molecular weight is 220 g/mol. The van der Waals surface area contributed by atoms with E-state index in [1.165, 1.54) is 0 Å². The van der Waals surface area contributed by atoms with E-state index in [2.05, 4.69) is 5.10 Å². The average Bonchev–Trinajstić information content (AvgIpc) is 2.53. The van der Waals surface area contributed by atoms with Gasteiger partial charge >= 0.3 is 5.97 Å². The van der Waals surface area contributed by atoms with Crippen molar-refractivity contribution in [3.63, 3.8) is 0 Å². The number of fused-ring (bicyclic) bond motifs is 1. The van der Waals surface area contributed by atoms with Crippen LogP contribution in [0, 0.1) is 6.92 Å². The molecule has 1 aromatic carbocycles. The molecule has 0 fully saturated rings. The standard InChI is InChI=1S/C11H12N2O3/c1-7-9-6-8(14)2-3-10(9)12-13(7)5-4-11(15)16/h2-3,6,14H,4-5H2,1H3,(H,15,16). The summed E-state index contributed by atoms with van der Waals surface area (Å²) in [5.74, 6) is -0.657. The minimum Gasteiger partial charge on any atom is -0.508 e. The second-order valence-electron chi connectivity index (χ2n) is 3.65. The van der Waals surface area contributed by atoms with Gasteiger partial charge in [-0.05, 0) is 25.1 Å². The van der Waals surface area contributed by atoms with Gasteiger partial charge in [0.2, 0.25) is 0 Å². The topological polar surface area (TPSA) is 75.4 Å². The molecule has 0 radical (unpaired) electrons. The van der Waals surface area contributed by atoms with Crippen LogP contribution in [0.5, 0.6) is 5.75 Å². The molecule has 5 nitrogen and oxygen atoms in total. The number of phenolic OH excluding ortho intramolecular Hbond substituents is 1. The van der Waals surface area contributed by atoms with Gasteiger partial charge in [-0.2, -0.15) is 5.10 Å². The van der Waals surface area contributed by atoms with E-state index in [4.69, 9.17) is 5.11 Å². The summed E-state index contributed by atoms with van der Waals surface area (Å²) in [6.07, 6.45) is 0.0425. The third kappa shape index (κ3) is 1.84. The van der Waals surface area contributed by atoms with Gasteiger partial charge in [-0.15, -0.1) is 0 Å². The number of aromatic hydroxyl groups is 1. The first-order valence-corrected chi connectivity index (χ1v) is 4.96. The maximum Gasteiger partial charge on any atom is 0.305 e. The number of hydrogen-bond donors (Lipinski definition) is 2. The molecule has 16 heavy (non-hydrogen) atoms. The summed E-state index contributed by atoms with van der Waals surface area (Å²) in [6.45, 7) is 2.20. The zero-order valence-electron chi connectivity index (χ0n) is 8.84. The number of rotatable bonds is 3. The first-order valence-electron chi connectivity index (χ1n) is 4.96. The molecule has 0 saturated heterocycles. The lowest BCUT2D eigenvalue weighted by molar-refractivity contribution is -0.137. The molecule has 0 unspecified atom stereocenters. The van der Waals surface area contributed by atoms with Crippen molar-refractivity contribution in [2.75, 3.05) is 0 Å². The van der Waals surface area contributed by atoms with Crippen LogP contribution in [0.3, 0.4) is 0 Å². The van der Waals surface area contributed by atoms with Crippen molar-refractivity contribution in [1.29, 1.82) is 0 Å². The first-order chi connectivity index (χ1) is 7.58. The van der Waals surface area contributed by atoms with Crippen LogP contribution in [0.4, 0.5) is 0 Å². The highest BCUT2D eigenvalue weighted by Gasteiger charge is 2.08. The molecule has 0 aliphatic carbocycles. The van der Waals surface area contributed by atoms with Crippen molar-refractivity contribution in [1.82, 2.24) is 9.78 Å². The molecular weight excluding hydrogens is 208 g/mol. The Kier molecular flexibility index (Phi) is 2.52. The van der Waals surface area contributed by atoms with Crippen molar-refractivity contribution in [3.05, 3.63) is 23.9 Å². The highest BCUT2D eigenvalue weighted by atomic mass is 16.4. The molecule has 0 aliphatic heterocycles. The third-order valence-electron chi connectivity index (χ3n) is 2.52. The van der Waals surface area contributed by atoms with Crippen molar-refractivity contribution in [2.24, 2.45) is 0 Å². The molecule has 1 heterocycles. The Morgan fingerprint density at radius 1 is 1.50 bits per heavy atom. The number of aromatic nitrogens is 2. The summed E-state index contributed by atoms with van der Waals surface area (Å²) in [5.41, 5.74) is 1.63. The van der Waals surface area contributed by atoms with Crippen molar-refractivity contribution in [2.45, 2.75) is 19.9 Å². The minimum absolute atomic E-state index is 0.0425. The quantitative estimate of drug-likeness (QED) is 0.822. The van der Waals surface area contributed by atoms with Crippen molar-refractivity contribution >= 4 is 16.9 Å². The Morgan fingerprint density at radius 3 is 2.94 bits per heavy atom. The highest BCUT2D eigenvalue weighted by Crippen LogP contribution is 2.22. The molecule has 2 rings (SSSR count). The Morgan fingerprint density at radius 2 is 2.25 bits per heavy atom. The van der Waals surface area contributed by atoms with E-state index in [1.807, 2.05) is 6.92 Å². The summed E-state index contributed by atoms with van der Waals surface area (Å²) in [5, 5.41) is 23.1. The summed E-state index contributed by atoms with van der Waals surface area (Å²) in [7, 11) is 0. The van der Waals surface area contributed by atoms with Crippen molar-refractivity contribution in [3.8, 4) is 5.75 Å². The molecule has 0 spiro atoms. The van der Waals surface area contributed by atoms with E-state index in [0.29, 0.717) is 6.54 Å². The molecule has 0 atom stereocenters. The van der Waals surface area contributed by atoms with Crippen LogP contribution >= 0.6 is 0 Å². The summed E-state index contributed by atoms with van der Waals surface area (Å²) in [6, 6.07) is 4.92. The lowest BCUT2D eigenvalue weighted by Gasteiger charge is -2.00. The number of aryl methyl sites for hydroxylation is 2. The lowest BCUT2D eigenvalue weighted by Crippen LogP contribution is -2.07. The molecule has 0 aliphatic rings. The van der Waals surface area contributed by atoms with Crippen LogP contribution < -0.4 is 0 Å². The molecule has 1 aromatic heterocycles. The van der Waals surface area contributed by atoms with E-state index < -0.39 is 5.97 Å². The van der Waals surface area contributed by atoms with Crippen LogP contribution in [0.2, 0.25) is 0 Å². The lowest BCUT2D eigenvalue weighted by atomic mass is 10.2. The zero-order chi connectivity index (χ0) is 11.7. The number of carboxylic acid groups (broad SMARTS) is 1. The maximum absolute atomic E-state index is 10.5. The van der Waals surface area contributed by atoms with E-state index in [1.54, 1.807) is 22.9 Å². The fraction of sp³-hybridized carbons (Fsp3) is 0.273. The van der Waals surface area contributed by atoms with Gasteiger partial charge < -0.3 is 10.2 Å². The van der Waals surface area contributed by atoms with Gasteiger partial charge in [0.1, 0.15) is 5.75 Å². The molecule has 0 saturated carbocycles. The second kappa shape index (κ2) is 3.84.